The van der Waals surface area contributed by atoms with Crippen molar-refractivity contribution in [3.63, 3.8) is 0 Å². The summed E-state index contributed by atoms with van der Waals surface area (Å²) in [6.45, 7) is 0.0679. The van der Waals surface area contributed by atoms with Crippen LogP contribution >= 0.6 is 12.4 Å². The third-order valence-electron chi connectivity index (χ3n) is 3.40. The molecule has 1 aromatic rings. The number of para-hydroxylation sites is 1. The van der Waals surface area contributed by atoms with E-state index >= 15 is 0 Å². The summed E-state index contributed by atoms with van der Waals surface area (Å²) in [6, 6.07) is 4.65. The molecule has 0 aromatic heterocycles. The molecule has 0 radical (unpaired) electrons. The molecule has 8 heteroatoms. The van der Waals surface area contributed by atoms with Crippen molar-refractivity contribution in [2.75, 3.05) is 13.2 Å². The molecule has 2 rings (SSSR count). The first-order chi connectivity index (χ1) is 10.6. The van der Waals surface area contributed by atoms with Crippen LogP contribution in [0.3, 0.4) is 0 Å². The van der Waals surface area contributed by atoms with Gasteiger partial charge in [-0.15, -0.1) is 12.4 Å². The summed E-state index contributed by atoms with van der Waals surface area (Å²) in [5.41, 5.74) is 0.456. The number of hydrogen-bond acceptors (Lipinski definition) is 4. The molecule has 1 heterocycles. The normalized spacial score (nSPS) is 16.8. The maximum atomic E-state index is 12.6. The molecule has 1 aliphatic rings. The lowest BCUT2D eigenvalue weighted by Crippen LogP contribution is -2.40. The van der Waals surface area contributed by atoms with Crippen molar-refractivity contribution in [1.29, 1.82) is 0 Å². The van der Waals surface area contributed by atoms with Crippen LogP contribution in [0.4, 0.5) is 8.78 Å². The van der Waals surface area contributed by atoms with Crippen molar-refractivity contribution in [1.82, 2.24) is 10.6 Å². The monoisotopic (exact) mass is 350 g/mol. The van der Waals surface area contributed by atoms with Crippen LogP contribution in [-0.4, -0.2) is 31.7 Å². The molecule has 1 atom stereocenters. The van der Waals surface area contributed by atoms with Gasteiger partial charge in [-0.25, -0.2) is 0 Å². The molecule has 1 amide bonds. The van der Waals surface area contributed by atoms with Crippen molar-refractivity contribution in [3.05, 3.63) is 23.8 Å². The van der Waals surface area contributed by atoms with E-state index in [1.54, 1.807) is 25.1 Å². The van der Waals surface area contributed by atoms with Gasteiger partial charge in [-0.2, -0.15) is 8.78 Å². The van der Waals surface area contributed by atoms with Crippen molar-refractivity contribution in [2.24, 2.45) is 0 Å². The minimum Gasteiger partial charge on any atom is -0.490 e. The number of halogens is 3. The van der Waals surface area contributed by atoms with E-state index in [4.69, 9.17) is 4.74 Å². The number of carbonyl (C=O) groups excluding carboxylic acids is 1. The SMILES string of the molecule is CCOc1cccc(CNC(=O)C2CCCN2)c1OC(F)F.Cl. The molecule has 1 aliphatic heterocycles. The van der Waals surface area contributed by atoms with Gasteiger partial charge in [-0.05, 0) is 32.4 Å². The van der Waals surface area contributed by atoms with Gasteiger partial charge in [0, 0.05) is 12.1 Å². The van der Waals surface area contributed by atoms with Crippen LogP contribution in [0.25, 0.3) is 0 Å². The van der Waals surface area contributed by atoms with Crippen LogP contribution in [0.2, 0.25) is 0 Å². The fraction of sp³-hybridized carbons (Fsp3) is 0.533. The van der Waals surface area contributed by atoms with Gasteiger partial charge in [0.05, 0.1) is 12.6 Å². The highest BCUT2D eigenvalue weighted by atomic mass is 35.5. The summed E-state index contributed by atoms with van der Waals surface area (Å²) in [5.74, 6) is 0.0786. The second kappa shape index (κ2) is 9.52. The highest BCUT2D eigenvalue weighted by molar-refractivity contribution is 5.85. The van der Waals surface area contributed by atoms with Crippen molar-refractivity contribution in [2.45, 2.75) is 39.0 Å². The predicted molar refractivity (Wildman–Crippen MR) is 84.4 cm³/mol. The van der Waals surface area contributed by atoms with E-state index in [9.17, 15) is 13.6 Å². The van der Waals surface area contributed by atoms with Crippen molar-refractivity contribution in [3.8, 4) is 11.5 Å². The van der Waals surface area contributed by atoms with E-state index in [-0.39, 0.29) is 42.4 Å². The van der Waals surface area contributed by atoms with Crippen LogP contribution in [0.5, 0.6) is 11.5 Å². The summed E-state index contributed by atoms with van der Waals surface area (Å²) >= 11 is 0. The van der Waals surface area contributed by atoms with E-state index in [1.807, 2.05) is 0 Å². The predicted octanol–water partition coefficient (Wildman–Crippen LogP) is 2.48. The molecule has 1 saturated heterocycles. The minimum absolute atomic E-state index is 0. The highest BCUT2D eigenvalue weighted by Gasteiger charge is 2.22. The van der Waals surface area contributed by atoms with E-state index in [2.05, 4.69) is 15.4 Å². The molecule has 23 heavy (non-hydrogen) atoms. The number of hydrogen-bond donors (Lipinski definition) is 2. The van der Waals surface area contributed by atoms with Crippen LogP contribution in [0.1, 0.15) is 25.3 Å². The molecule has 5 nitrogen and oxygen atoms in total. The highest BCUT2D eigenvalue weighted by Crippen LogP contribution is 2.32. The molecular formula is C15H21ClF2N2O3. The van der Waals surface area contributed by atoms with Gasteiger partial charge in [0.2, 0.25) is 5.91 Å². The van der Waals surface area contributed by atoms with Gasteiger partial charge in [-0.1, -0.05) is 12.1 Å². The quantitative estimate of drug-likeness (QED) is 0.793. The third kappa shape index (κ3) is 5.51. The largest absolute Gasteiger partial charge is 0.490 e. The first-order valence-corrected chi connectivity index (χ1v) is 7.32. The number of rotatable bonds is 7. The zero-order valence-electron chi connectivity index (χ0n) is 12.8. The third-order valence-corrected chi connectivity index (χ3v) is 3.40. The molecule has 0 aliphatic carbocycles. The molecule has 1 unspecified atom stereocenters. The summed E-state index contributed by atoms with van der Waals surface area (Å²) < 4.78 is 35.0. The van der Waals surface area contributed by atoms with Crippen molar-refractivity contribution < 1.29 is 23.0 Å². The average Bonchev–Trinajstić information content (AvgIpc) is 3.01. The molecule has 2 N–H and O–H groups in total. The average molecular weight is 351 g/mol. The van der Waals surface area contributed by atoms with E-state index in [0.717, 1.165) is 19.4 Å². The molecule has 0 bridgehead atoms. The second-order valence-electron chi connectivity index (χ2n) is 4.92. The standard InChI is InChI=1S/C15H20F2N2O3.ClH/c1-2-21-12-7-3-5-10(13(12)22-15(16)17)9-19-14(20)11-6-4-8-18-11;/h3,5,7,11,15,18H,2,4,6,8-9H2,1H3,(H,19,20);1H. The number of benzene rings is 1. The van der Waals surface area contributed by atoms with Gasteiger partial charge in [0.1, 0.15) is 0 Å². The lowest BCUT2D eigenvalue weighted by molar-refractivity contribution is -0.122. The minimum atomic E-state index is -2.95. The fourth-order valence-corrected chi connectivity index (χ4v) is 2.41. The molecule has 1 aromatic carbocycles. The lowest BCUT2D eigenvalue weighted by atomic mass is 10.1. The summed E-state index contributed by atoms with van der Waals surface area (Å²) in [6.07, 6.45) is 1.74. The summed E-state index contributed by atoms with van der Waals surface area (Å²) in [4.78, 5) is 12.0. The van der Waals surface area contributed by atoms with Crippen molar-refractivity contribution >= 4 is 18.3 Å². The van der Waals surface area contributed by atoms with Crippen LogP contribution in [-0.2, 0) is 11.3 Å². The Hall–Kier alpha value is -1.60. The van der Waals surface area contributed by atoms with Gasteiger partial charge in [-0.3, -0.25) is 4.79 Å². The maximum Gasteiger partial charge on any atom is 0.387 e. The number of nitrogens with one attached hydrogen (secondary N) is 2. The fourth-order valence-electron chi connectivity index (χ4n) is 2.41. The molecule has 0 spiro atoms. The Morgan fingerprint density at radius 3 is 2.87 bits per heavy atom. The Labute approximate surface area is 140 Å². The molecular weight excluding hydrogens is 330 g/mol. The Kier molecular flexibility index (Phi) is 8.05. The Bertz CT molecular complexity index is 511. The van der Waals surface area contributed by atoms with Gasteiger partial charge >= 0.3 is 6.61 Å². The zero-order valence-corrected chi connectivity index (χ0v) is 13.6. The Morgan fingerprint density at radius 1 is 1.48 bits per heavy atom. The van der Waals surface area contributed by atoms with Gasteiger partial charge in [0.25, 0.3) is 0 Å². The molecule has 0 saturated carbocycles. The summed E-state index contributed by atoms with van der Waals surface area (Å²) in [7, 11) is 0. The number of amides is 1. The Morgan fingerprint density at radius 2 is 2.26 bits per heavy atom. The Balaban J connectivity index is 0.00000264. The van der Waals surface area contributed by atoms with Gasteiger partial charge in [0.15, 0.2) is 11.5 Å². The maximum absolute atomic E-state index is 12.6. The van der Waals surface area contributed by atoms with E-state index in [1.165, 1.54) is 0 Å². The van der Waals surface area contributed by atoms with Crippen LogP contribution < -0.4 is 20.1 Å². The number of carbonyl (C=O) groups is 1. The van der Waals surface area contributed by atoms with E-state index < -0.39 is 6.61 Å². The lowest BCUT2D eigenvalue weighted by Gasteiger charge is -2.16. The van der Waals surface area contributed by atoms with Gasteiger partial charge < -0.3 is 20.1 Å². The topological polar surface area (TPSA) is 59.6 Å². The van der Waals surface area contributed by atoms with Crippen LogP contribution in [0, 0.1) is 0 Å². The summed E-state index contributed by atoms with van der Waals surface area (Å²) in [5, 5.41) is 5.83. The first-order valence-electron chi connectivity index (χ1n) is 7.32. The smallest absolute Gasteiger partial charge is 0.387 e. The molecule has 130 valence electrons. The second-order valence-corrected chi connectivity index (χ2v) is 4.92. The first kappa shape index (κ1) is 19.4. The number of alkyl halides is 2. The zero-order chi connectivity index (χ0) is 15.9. The number of ether oxygens (including phenoxy) is 2. The van der Waals surface area contributed by atoms with Crippen LogP contribution in [0.15, 0.2) is 18.2 Å². The van der Waals surface area contributed by atoms with E-state index in [0.29, 0.717) is 12.2 Å². The molecule has 1 fully saturated rings.